The summed E-state index contributed by atoms with van der Waals surface area (Å²) in [6.45, 7) is 1.16. The molecule has 0 saturated carbocycles. The summed E-state index contributed by atoms with van der Waals surface area (Å²) >= 11 is 0. The van der Waals surface area contributed by atoms with Gasteiger partial charge in [-0.3, -0.25) is 4.79 Å². The first kappa shape index (κ1) is 11.8. The maximum absolute atomic E-state index is 9.77. The molecule has 0 heterocycles. The standard InChI is InChI=1S/C4H8O3.K.H/c1-3(2-5)4(6)7;;/h3,5H,2H2,1H3,(H,6,7);;. The maximum atomic E-state index is 9.77. The van der Waals surface area contributed by atoms with Gasteiger partial charge in [-0.15, -0.1) is 0 Å². The van der Waals surface area contributed by atoms with Crippen molar-refractivity contribution in [3.63, 3.8) is 0 Å². The van der Waals surface area contributed by atoms with Crippen LogP contribution in [0.2, 0.25) is 0 Å². The van der Waals surface area contributed by atoms with E-state index in [1.54, 1.807) is 0 Å². The van der Waals surface area contributed by atoms with Gasteiger partial charge in [-0.1, -0.05) is 0 Å². The van der Waals surface area contributed by atoms with Crippen LogP contribution in [-0.2, 0) is 4.79 Å². The topological polar surface area (TPSA) is 57.5 Å². The fourth-order valence-electron chi connectivity index (χ4n) is 0.0781. The molecule has 0 aromatic carbocycles. The van der Waals surface area contributed by atoms with Crippen LogP contribution in [-0.4, -0.2) is 74.2 Å². The third kappa shape index (κ3) is 5.21. The summed E-state index contributed by atoms with van der Waals surface area (Å²) in [5.41, 5.74) is 0. The number of aliphatic carboxylic acids is 1. The van der Waals surface area contributed by atoms with Crippen LogP contribution < -0.4 is 0 Å². The average Bonchev–Trinajstić information content (AvgIpc) is 1.65. The van der Waals surface area contributed by atoms with Crippen LogP contribution in [0.5, 0.6) is 0 Å². The second kappa shape index (κ2) is 6.19. The summed E-state index contributed by atoms with van der Waals surface area (Å²) < 4.78 is 0. The first-order valence-electron chi connectivity index (χ1n) is 2.02. The molecule has 44 valence electrons. The Morgan fingerprint density at radius 2 is 2.12 bits per heavy atom. The van der Waals surface area contributed by atoms with Gasteiger partial charge in [0.15, 0.2) is 0 Å². The number of hydrogen-bond donors (Lipinski definition) is 2. The van der Waals surface area contributed by atoms with Gasteiger partial charge in [0.25, 0.3) is 0 Å². The predicted octanol–water partition coefficient (Wildman–Crippen LogP) is -0.949. The molecule has 1 unspecified atom stereocenters. The molecule has 2 N–H and O–H groups in total. The van der Waals surface area contributed by atoms with Crippen LogP contribution in [0.25, 0.3) is 0 Å². The molecular formula is C4H9KO3. The fraction of sp³-hybridized carbons (Fsp3) is 0.750. The molecule has 0 amide bonds. The Bertz CT molecular complexity index is 73.7. The SMILES string of the molecule is CC(CO)C(=O)O.[KH]. The molecule has 3 nitrogen and oxygen atoms in total. The van der Waals surface area contributed by atoms with Gasteiger partial charge in [0.1, 0.15) is 0 Å². The van der Waals surface area contributed by atoms with Crippen molar-refractivity contribution in [1.82, 2.24) is 0 Å². The summed E-state index contributed by atoms with van der Waals surface area (Å²) in [5.74, 6) is -1.58. The number of carboxylic acids is 1. The van der Waals surface area contributed by atoms with Gasteiger partial charge in [0.2, 0.25) is 0 Å². The summed E-state index contributed by atoms with van der Waals surface area (Å²) in [4.78, 5) is 9.77. The normalized spacial score (nSPS) is 11.8. The van der Waals surface area contributed by atoms with E-state index in [4.69, 9.17) is 10.2 Å². The molecule has 0 aliphatic carbocycles. The van der Waals surface area contributed by atoms with Gasteiger partial charge >= 0.3 is 57.4 Å². The molecule has 0 aliphatic rings. The monoisotopic (exact) mass is 144 g/mol. The Morgan fingerprint density at radius 3 is 2.12 bits per heavy atom. The molecule has 0 aromatic rings. The zero-order valence-corrected chi connectivity index (χ0v) is 4.09. The van der Waals surface area contributed by atoms with Crippen LogP contribution in [0.1, 0.15) is 6.92 Å². The Hall–Kier alpha value is 1.07. The Kier molecular flexibility index (Phi) is 9.14. The van der Waals surface area contributed by atoms with E-state index in [0.717, 1.165) is 0 Å². The second-order valence-corrected chi connectivity index (χ2v) is 1.42. The van der Waals surface area contributed by atoms with Crippen LogP contribution in [0.15, 0.2) is 0 Å². The third-order valence-electron chi connectivity index (χ3n) is 0.695. The van der Waals surface area contributed by atoms with E-state index in [1.165, 1.54) is 6.92 Å². The number of hydrogen-bond acceptors (Lipinski definition) is 2. The minimum absolute atomic E-state index is 0. The van der Waals surface area contributed by atoms with Crippen molar-refractivity contribution in [3.05, 3.63) is 0 Å². The molecule has 1 atom stereocenters. The van der Waals surface area contributed by atoms with Crippen molar-refractivity contribution in [3.8, 4) is 0 Å². The first-order valence-corrected chi connectivity index (χ1v) is 2.02. The molecule has 0 spiro atoms. The molecule has 0 bridgehead atoms. The molecule has 8 heavy (non-hydrogen) atoms. The zero-order valence-electron chi connectivity index (χ0n) is 4.09. The Labute approximate surface area is 90.5 Å². The van der Waals surface area contributed by atoms with Gasteiger partial charge in [0.05, 0.1) is 12.5 Å². The summed E-state index contributed by atoms with van der Waals surface area (Å²) in [7, 11) is 0. The molecule has 0 rings (SSSR count). The average molecular weight is 144 g/mol. The van der Waals surface area contributed by atoms with Crippen LogP contribution in [0.4, 0.5) is 0 Å². The van der Waals surface area contributed by atoms with Gasteiger partial charge in [-0.05, 0) is 6.92 Å². The molecule has 0 radical (unpaired) electrons. The fourth-order valence-corrected chi connectivity index (χ4v) is 0.0781. The van der Waals surface area contributed by atoms with Gasteiger partial charge < -0.3 is 10.2 Å². The number of rotatable bonds is 2. The van der Waals surface area contributed by atoms with E-state index in [2.05, 4.69) is 0 Å². The third-order valence-corrected chi connectivity index (χ3v) is 0.695. The van der Waals surface area contributed by atoms with Crippen molar-refractivity contribution < 1.29 is 15.0 Å². The predicted molar refractivity (Wildman–Crippen MR) is 31.0 cm³/mol. The van der Waals surface area contributed by atoms with Gasteiger partial charge in [-0.25, -0.2) is 0 Å². The number of aliphatic hydroxyl groups is 1. The summed E-state index contributed by atoms with van der Waals surface area (Å²) in [6.07, 6.45) is 0. The number of carbonyl (C=O) groups is 1. The number of carboxylic acid groups (broad SMARTS) is 1. The summed E-state index contributed by atoms with van der Waals surface area (Å²) in [5, 5.41) is 16.1. The van der Waals surface area contributed by atoms with Crippen LogP contribution in [0, 0.1) is 5.92 Å². The van der Waals surface area contributed by atoms with E-state index in [9.17, 15) is 4.79 Å². The van der Waals surface area contributed by atoms with E-state index in [-0.39, 0.29) is 58.0 Å². The minimum atomic E-state index is -0.956. The molecule has 0 aliphatic heterocycles. The first-order chi connectivity index (χ1) is 3.18. The van der Waals surface area contributed by atoms with Crippen molar-refractivity contribution >= 4 is 57.4 Å². The van der Waals surface area contributed by atoms with Crippen molar-refractivity contribution in [1.29, 1.82) is 0 Å². The summed E-state index contributed by atoms with van der Waals surface area (Å²) in [6, 6.07) is 0. The van der Waals surface area contributed by atoms with Gasteiger partial charge in [0, 0.05) is 0 Å². The molecule has 0 saturated heterocycles. The Balaban J connectivity index is 0. The molecule has 0 fully saturated rings. The van der Waals surface area contributed by atoms with E-state index in [1.807, 2.05) is 0 Å². The zero-order chi connectivity index (χ0) is 5.86. The molecule has 4 heteroatoms. The Morgan fingerprint density at radius 1 is 1.75 bits per heavy atom. The second-order valence-electron chi connectivity index (χ2n) is 1.42. The van der Waals surface area contributed by atoms with Crippen molar-refractivity contribution in [2.45, 2.75) is 6.92 Å². The van der Waals surface area contributed by atoms with Crippen LogP contribution >= 0.6 is 0 Å². The number of aliphatic hydroxyl groups excluding tert-OH is 1. The quantitative estimate of drug-likeness (QED) is 0.491. The van der Waals surface area contributed by atoms with E-state index >= 15 is 0 Å². The molecular weight excluding hydrogens is 135 g/mol. The van der Waals surface area contributed by atoms with Crippen molar-refractivity contribution in [2.24, 2.45) is 5.92 Å². The van der Waals surface area contributed by atoms with E-state index < -0.39 is 11.9 Å². The van der Waals surface area contributed by atoms with E-state index in [0.29, 0.717) is 0 Å². The van der Waals surface area contributed by atoms with Crippen molar-refractivity contribution in [2.75, 3.05) is 6.61 Å². The van der Waals surface area contributed by atoms with Gasteiger partial charge in [-0.2, -0.15) is 0 Å². The molecule has 0 aromatic heterocycles. The van der Waals surface area contributed by atoms with Crippen LogP contribution in [0.3, 0.4) is 0 Å².